The van der Waals surface area contributed by atoms with Crippen LogP contribution in [0.2, 0.25) is 0 Å². The van der Waals surface area contributed by atoms with Crippen molar-refractivity contribution in [2.75, 3.05) is 11.0 Å². The molecule has 0 aliphatic heterocycles. The summed E-state index contributed by atoms with van der Waals surface area (Å²) in [6.07, 6.45) is 4.83. The molecule has 1 aliphatic carbocycles. The molecule has 0 bridgehead atoms. The number of sulfonamides is 2. The largest absolute Gasteiger partial charge is 0.344 e. The van der Waals surface area contributed by atoms with Gasteiger partial charge in [-0.3, -0.25) is 9.52 Å². The van der Waals surface area contributed by atoms with E-state index < -0.39 is 25.6 Å². The number of hydrogen-bond donors (Lipinski definition) is 2. The van der Waals surface area contributed by atoms with Gasteiger partial charge in [-0.25, -0.2) is 21.6 Å². The van der Waals surface area contributed by atoms with Gasteiger partial charge in [0.15, 0.2) is 5.78 Å². The SMILES string of the molecule is CC1CC(n2cc(C(=O)c3cccc(S(=O)(=O)NC(C)(C)C)c3)c3ccc(NS(C)(=O)=O)cc32)C1. The number of nitrogens with one attached hydrogen (secondary N) is 2. The summed E-state index contributed by atoms with van der Waals surface area (Å²) in [5, 5.41) is 0.690. The van der Waals surface area contributed by atoms with Gasteiger partial charge in [-0.2, -0.15) is 0 Å². The van der Waals surface area contributed by atoms with Crippen LogP contribution in [-0.2, 0) is 20.0 Å². The fourth-order valence-electron chi connectivity index (χ4n) is 4.52. The van der Waals surface area contributed by atoms with Crippen molar-refractivity contribution in [1.29, 1.82) is 0 Å². The summed E-state index contributed by atoms with van der Waals surface area (Å²) in [4.78, 5) is 13.6. The van der Waals surface area contributed by atoms with Crippen LogP contribution in [0.15, 0.2) is 53.6 Å². The third kappa shape index (κ3) is 5.60. The highest BCUT2D eigenvalue weighted by Crippen LogP contribution is 2.41. The predicted molar refractivity (Wildman–Crippen MR) is 138 cm³/mol. The second kappa shape index (κ2) is 8.76. The fraction of sp³-hybridized carbons (Fsp3) is 0.400. The van der Waals surface area contributed by atoms with Crippen molar-refractivity contribution < 1.29 is 21.6 Å². The standard InChI is InChI=1S/C25H31N3O5S2/c1-16-11-19(12-16)28-15-22(21-10-9-18(14-23(21)28)26-34(5,30)31)24(29)17-7-6-8-20(13-17)35(32,33)27-25(2,3)4/h6-10,13-16,19,26-27H,11-12H2,1-5H3. The molecule has 0 amide bonds. The predicted octanol–water partition coefficient (Wildman–Crippen LogP) is 4.29. The number of carbonyl (C=O) groups is 1. The Morgan fingerprint density at radius 2 is 1.71 bits per heavy atom. The number of anilines is 1. The Morgan fingerprint density at radius 1 is 1.03 bits per heavy atom. The minimum absolute atomic E-state index is 0.0227. The zero-order valence-corrected chi connectivity index (χ0v) is 22.1. The van der Waals surface area contributed by atoms with Crippen molar-refractivity contribution in [2.24, 2.45) is 5.92 Å². The molecule has 4 rings (SSSR count). The van der Waals surface area contributed by atoms with E-state index in [9.17, 15) is 21.6 Å². The number of hydrogen-bond acceptors (Lipinski definition) is 5. The second-order valence-corrected chi connectivity index (χ2v) is 13.9. The average Bonchev–Trinajstić information content (AvgIpc) is 3.06. The minimum Gasteiger partial charge on any atom is -0.344 e. The zero-order valence-electron chi connectivity index (χ0n) is 20.5. The van der Waals surface area contributed by atoms with E-state index in [1.54, 1.807) is 51.1 Å². The van der Waals surface area contributed by atoms with Crippen LogP contribution in [0.25, 0.3) is 10.9 Å². The van der Waals surface area contributed by atoms with E-state index in [0.717, 1.165) is 24.6 Å². The number of fused-ring (bicyclic) bond motifs is 1. The molecule has 0 saturated heterocycles. The number of rotatable bonds is 7. The Morgan fingerprint density at radius 3 is 2.31 bits per heavy atom. The van der Waals surface area contributed by atoms with Gasteiger partial charge in [-0.15, -0.1) is 0 Å². The smallest absolute Gasteiger partial charge is 0.241 e. The van der Waals surface area contributed by atoms with Gasteiger partial charge < -0.3 is 4.57 Å². The van der Waals surface area contributed by atoms with E-state index >= 15 is 0 Å². The van der Waals surface area contributed by atoms with Gasteiger partial charge in [0.05, 0.1) is 22.4 Å². The van der Waals surface area contributed by atoms with Gasteiger partial charge in [-0.1, -0.05) is 19.1 Å². The molecule has 0 atom stereocenters. The van der Waals surface area contributed by atoms with Crippen molar-refractivity contribution in [3.63, 3.8) is 0 Å². The van der Waals surface area contributed by atoms with Gasteiger partial charge >= 0.3 is 0 Å². The molecule has 2 N–H and O–H groups in total. The number of ketones is 1. The molecule has 35 heavy (non-hydrogen) atoms. The molecule has 10 heteroatoms. The summed E-state index contributed by atoms with van der Waals surface area (Å²) in [5.41, 5.74) is 1.23. The van der Waals surface area contributed by atoms with Gasteiger partial charge in [0.2, 0.25) is 20.0 Å². The number of nitrogens with zero attached hydrogens (tertiary/aromatic N) is 1. The topological polar surface area (TPSA) is 114 Å². The number of aromatic nitrogens is 1. The number of carbonyl (C=O) groups excluding carboxylic acids is 1. The van der Waals surface area contributed by atoms with Crippen LogP contribution in [0, 0.1) is 5.92 Å². The average molecular weight is 518 g/mol. The van der Waals surface area contributed by atoms with E-state index in [1.165, 1.54) is 12.1 Å². The van der Waals surface area contributed by atoms with Crippen LogP contribution in [0.1, 0.15) is 62.5 Å². The normalized spacial score (nSPS) is 18.9. The van der Waals surface area contributed by atoms with E-state index in [2.05, 4.69) is 16.4 Å². The zero-order chi connectivity index (χ0) is 25.8. The minimum atomic E-state index is -3.80. The molecule has 188 valence electrons. The van der Waals surface area contributed by atoms with Gasteiger partial charge in [0.1, 0.15) is 0 Å². The molecule has 0 spiro atoms. The van der Waals surface area contributed by atoms with Crippen LogP contribution in [-0.4, -0.2) is 39.0 Å². The molecule has 1 aromatic heterocycles. The molecule has 3 aromatic rings. The molecular weight excluding hydrogens is 486 g/mol. The van der Waals surface area contributed by atoms with Gasteiger partial charge in [0.25, 0.3) is 0 Å². The van der Waals surface area contributed by atoms with E-state index in [-0.39, 0.29) is 22.3 Å². The molecule has 1 saturated carbocycles. The van der Waals surface area contributed by atoms with Crippen LogP contribution < -0.4 is 9.44 Å². The lowest BCUT2D eigenvalue weighted by Gasteiger charge is -2.34. The monoisotopic (exact) mass is 517 g/mol. The lowest BCUT2D eigenvalue weighted by atomic mass is 9.81. The molecule has 1 aliphatic rings. The van der Waals surface area contributed by atoms with Crippen molar-refractivity contribution >= 4 is 42.4 Å². The Hall–Kier alpha value is -2.69. The Bertz CT molecular complexity index is 1510. The van der Waals surface area contributed by atoms with E-state index in [4.69, 9.17) is 0 Å². The van der Waals surface area contributed by atoms with Crippen molar-refractivity contribution in [1.82, 2.24) is 9.29 Å². The molecule has 1 fully saturated rings. The van der Waals surface area contributed by atoms with Crippen LogP contribution in [0.3, 0.4) is 0 Å². The van der Waals surface area contributed by atoms with E-state index in [1.807, 2.05) is 10.8 Å². The van der Waals surface area contributed by atoms with E-state index in [0.29, 0.717) is 22.6 Å². The summed E-state index contributed by atoms with van der Waals surface area (Å²) < 4.78 is 56.2. The Labute approximate surface area is 206 Å². The number of benzene rings is 2. The van der Waals surface area contributed by atoms with Crippen molar-refractivity contribution in [3.8, 4) is 0 Å². The molecule has 8 nitrogen and oxygen atoms in total. The molecular formula is C25H31N3O5S2. The van der Waals surface area contributed by atoms with Gasteiger partial charge in [0, 0.05) is 34.3 Å². The first-order chi connectivity index (χ1) is 16.1. The summed E-state index contributed by atoms with van der Waals surface area (Å²) in [5.74, 6) is 0.281. The Balaban J connectivity index is 1.78. The third-order valence-electron chi connectivity index (χ3n) is 5.97. The van der Waals surface area contributed by atoms with Crippen molar-refractivity contribution in [2.45, 2.75) is 57.0 Å². The maximum atomic E-state index is 13.6. The highest BCUT2D eigenvalue weighted by atomic mass is 32.2. The Kier molecular flexibility index (Phi) is 6.36. The summed E-state index contributed by atoms with van der Waals surface area (Å²) >= 11 is 0. The summed E-state index contributed by atoms with van der Waals surface area (Å²) in [7, 11) is -7.26. The molecule has 0 radical (unpaired) electrons. The third-order valence-corrected chi connectivity index (χ3v) is 8.33. The molecule has 0 unspecified atom stereocenters. The first-order valence-electron chi connectivity index (χ1n) is 11.4. The highest BCUT2D eigenvalue weighted by molar-refractivity contribution is 7.92. The lowest BCUT2D eigenvalue weighted by Crippen LogP contribution is -2.40. The first kappa shape index (κ1) is 25.4. The van der Waals surface area contributed by atoms with Crippen molar-refractivity contribution in [3.05, 3.63) is 59.8 Å². The summed E-state index contributed by atoms with van der Waals surface area (Å²) in [6, 6.07) is 11.3. The quantitative estimate of drug-likeness (QED) is 0.454. The maximum Gasteiger partial charge on any atom is 0.241 e. The first-order valence-corrected chi connectivity index (χ1v) is 14.8. The molecule has 2 aromatic carbocycles. The lowest BCUT2D eigenvalue weighted by molar-refractivity contribution is 0.103. The summed E-state index contributed by atoms with van der Waals surface area (Å²) in [6.45, 7) is 7.43. The van der Waals surface area contributed by atoms with Crippen LogP contribution in [0.4, 0.5) is 5.69 Å². The second-order valence-electron chi connectivity index (χ2n) is 10.5. The van der Waals surface area contributed by atoms with Gasteiger partial charge in [-0.05, 0) is 69.9 Å². The van der Waals surface area contributed by atoms with Crippen LogP contribution in [0.5, 0.6) is 0 Å². The maximum absolute atomic E-state index is 13.6. The van der Waals surface area contributed by atoms with Crippen LogP contribution >= 0.6 is 0 Å². The highest BCUT2D eigenvalue weighted by Gasteiger charge is 2.30. The molecule has 1 heterocycles. The fourth-order valence-corrected chi connectivity index (χ4v) is 6.54.